The van der Waals surface area contributed by atoms with E-state index in [0.29, 0.717) is 22.5 Å². The summed E-state index contributed by atoms with van der Waals surface area (Å²) >= 11 is 6.15. The van der Waals surface area contributed by atoms with Crippen LogP contribution in [0.4, 0.5) is 5.82 Å². The molecule has 1 aromatic carbocycles. The van der Waals surface area contributed by atoms with Crippen molar-refractivity contribution in [3.05, 3.63) is 41.9 Å². The molecular weight excluding hydrogens is 380 g/mol. The molecule has 5 rings (SSSR count). The number of aromatic nitrogens is 5. The lowest BCUT2D eigenvalue weighted by atomic mass is 10.2. The zero-order valence-corrected chi connectivity index (χ0v) is 15.6. The predicted molar refractivity (Wildman–Crippen MR) is 105 cm³/mol. The van der Waals surface area contributed by atoms with Crippen LogP contribution >= 0.6 is 11.6 Å². The number of benzene rings is 1. The normalized spacial score (nSPS) is 17.2. The highest BCUT2D eigenvalue weighted by Crippen LogP contribution is 2.35. The topological polar surface area (TPSA) is 101 Å². The fourth-order valence-corrected chi connectivity index (χ4v) is 3.66. The zero-order valence-electron chi connectivity index (χ0n) is 14.9. The standard InChI is InChI=1S/C19H17ClN6O2/c20-15-8-11-17(22-10-23-18(11)21)19(25-15)28-14-5-3-4-13-12(14)9-24-26(13)16-6-1-2-7-27-16/h3-5,8-10,16H,1-2,6-7H2,(H2,21,22,23). The number of nitrogen functional groups attached to an aromatic ring is 1. The Balaban J connectivity index is 1.59. The van der Waals surface area contributed by atoms with Gasteiger partial charge in [-0.1, -0.05) is 17.7 Å². The molecule has 0 saturated carbocycles. The lowest BCUT2D eigenvalue weighted by molar-refractivity contribution is -0.0366. The number of anilines is 1. The summed E-state index contributed by atoms with van der Waals surface area (Å²) in [6, 6.07) is 7.39. The molecule has 0 amide bonds. The summed E-state index contributed by atoms with van der Waals surface area (Å²) < 4.78 is 13.9. The van der Waals surface area contributed by atoms with E-state index < -0.39 is 0 Å². The van der Waals surface area contributed by atoms with Gasteiger partial charge in [0.05, 0.1) is 22.5 Å². The summed E-state index contributed by atoms with van der Waals surface area (Å²) in [5, 5.41) is 6.24. The quantitative estimate of drug-likeness (QED) is 0.520. The van der Waals surface area contributed by atoms with Gasteiger partial charge in [-0.25, -0.2) is 14.6 Å². The van der Waals surface area contributed by atoms with Crippen LogP contribution in [0, 0.1) is 0 Å². The van der Waals surface area contributed by atoms with E-state index in [1.807, 2.05) is 22.9 Å². The number of fused-ring (bicyclic) bond motifs is 2. The van der Waals surface area contributed by atoms with Crippen LogP contribution in [0.5, 0.6) is 11.6 Å². The minimum Gasteiger partial charge on any atom is -0.436 e. The van der Waals surface area contributed by atoms with Crippen molar-refractivity contribution in [2.45, 2.75) is 25.5 Å². The minimum absolute atomic E-state index is 0.0563. The van der Waals surface area contributed by atoms with Gasteiger partial charge in [-0.15, -0.1) is 0 Å². The smallest absolute Gasteiger partial charge is 0.247 e. The van der Waals surface area contributed by atoms with Crippen LogP contribution < -0.4 is 10.5 Å². The Kier molecular flexibility index (Phi) is 4.22. The molecule has 142 valence electrons. The van der Waals surface area contributed by atoms with Crippen molar-refractivity contribution < 1.29 is 9.47 Å². The van der Waals surface area contributed by atoms with Crippen molar-refractivity contribution in [2.24, 2.45) is 0 Å². The largest absolute Gasteiger partial charge is 0.436 e. The Morgan fingerprint density at radius 3 is 3.00 bits per heavy atom. The fourth-order valence-electron chi connectivity index (χ4n) is 3.48. The molecule has 0 bridgehead atoms. The Labute approximate surface area is 165 Å². The lowest BCUT2D eigenvalue weighted by Crippen LogP contribution is -2.18. The second-order valence-corrected chi connectivity index (χ2v) is 6.99. The zero-order chi connectivity index (χ0) is 19.1. The molecule has 8 nitrogen and oxygen atoms in total. The first-order valence-corrected chi connectivity index (χ1v) is 9.41. The molecular formula is C19H17ClN6O2. The second-order valence-electron chi connectivity index (χ2n) is 6.61. The summed E-state index contributed by atoms with van der Waals surface area (Å²) in [5.74, 6) is 1.19. The van der Waals surface area contributed by atoms with Crippen LogP contribution in [0.15, 0.2) is 36.8 Å². The summed E-state index contributed by atoms with van der Waals surface area (Å²) in [6.07, 6.45) is 6.25. The highest BCUT2D eigenvalue weighted by molar-refractivity contribution is 6.30. The van der Waals surface area contributed by atoms with E-state index in [-0.39, 0.29) is 17.3 Å². The SMILES string of the molecule is Nc1ncnc2c(Oc3cccc4c3cnn4C3CCCCO3)nc(Cl)cc12. The molecule has 9 heteroatoms. The highest BCUT2D eigenvalue weighted by Gasteiger charge is 2.20. The first-order chi connectivity index (χ1) is 13.7. The van der Waals surface area contributed by atoms with Crippen molar-refractivity contribution in [3.8, 4) is 11.6 Å². The summed E-state index contributed by atoms with van der Waals surface area (Å²) in [7, 11) is 0. The van der Waals surface area contributed by atoms with Crippen molar-refractivity contribution in [1.82, 2.24) is 24.7 Å². The predicted octanol–water partition coefficient (Wildman–Crippen LogP) is 4.10. The molecule has 0 radical (unpaired) electrons. The van der Waals surface area contributed by atoms with Gasteiger partial charge < -0.3 is 15.2 Å². The number of rotatable bonds is 3. The van der Waals surface area contributed by atoms with Gasteiger partial charge in [0.15, 0.2) is 6.23 Å². The maximum absolute atomic E-state index is 6.15. The van der Waals surface area contributed by atoms with Gasteiger partial charge in [0.2, 0.25) is 5.88 Å². The molecule has 4 heterocycles. The molecule has 1 saturated heterocycles. The highest BCUT2D eigenvalue weighted by atomic mass is 35.5. The van der Waals surface area contributed by atoms with E-state index in [0.717, 1.165) is 36.8 Å². The van der Waals surface area contributed by atoms with Crippen molar-refractivity contribution in [2.75, 3.05) is 12.3 Å². The number of nitrogens with two attached hydrogens (primary N) is 1. The molecule has 0 spiro atoms. The number of hydrogen-bond acceptors (Lipinski definition) is 7. The first-order valence-electron chi connectivity index (χ1n) is 9.03. The van der Waals surface area contributed by atoms with Gasteiger partial charge in [0, 0.05) is 6.61 Å². The van der Waals surface area contributed by atoms with E-state index >= 15 is 0 Å². The second kappa shape index (κ2) is 6.88. The molecule has 0 aliphatic carbocycles. The molecule has 4 aromatic rings. The van der Waals surface area contributed by atoms with Crippen LogP contribution in [0.25, 0.3) is 21.8 Å². The van der Waals surface area contributed by atoms with E-state index in [2.05, 4.69) is 20.1 Å². The average Bonchev–Trinajstić information content (AvgIpc) is 3.15. The number of nitrogens with zero attached hydrogens (tertiary/aromatic N) is 5. The third-order valence-corrected chi connectivity index (χ3v) is 5.02. The monoisotopic (exact) mass is 396 g/mol. The Morgan fingerprint density at radius 1 is 1.21 bits per heavy atom. The molecule has 1 fully saturated rings. The van der Waals surface area contributed by atoms with Gasteiger partial charge in [-0.3, -0.25) is 0 Å². The Morgan fingerprint density at radius 2 is 2.14 bits per heavy atom. The van der Waals surface area contributed by atoms with Gasteiger partial charge in [-0.05, 0) is 37.5 Å². The van der Waals surface area contributed by atoms with Crippen molar-refractivity contribution in [3.63, 3.8) is 0 Å². The Bertz CT molecular complexity index is 1170. The van der Waals surface area contributed by atoms with Crippen molar-refractivity contribution in [1.29, 1.82) is 0 Å². The Hall–Kier alpha value is -2.97. The van der Waals surface area contributed by atoms with Gasteiger partial charge in [0.25, 0.3) is 0 Å². The van der Waals surface area contributed by atoms with Gasteiger partial charge in [-0.2, -0.15) is 10.1 Å². The van der Waals surface area contributed by atoms with Gasteiger partial charge in [0.1, 0.15) is 28.6 Å². The third-order valence-electron chi connectivity index (χ3n) is 4.83. The number of halogens is 1. The fraction of sp³-hybridized carbons (Fsp3) is 0.263. The molecule has 1 unspecified atom stereocenters. The number of ether oxygens (including phenoxy) is 2. The lowest BCUT2D eigenvalue weighted by Gasteiger charge is -2.23. The number of pyridine rings is 1. The minimum atomic E-state index is -0.0563. The van der Waals surface area contributed by atoms with Crippen LogP contribution in [-0.4, -0.2) is 31.3 Å². The van der Waals surface area contributed by atoms with Gasteiger partial charge >= 0.3 is 0 Å². The molecule has 2 N–H and O–H groups in total. The summed E-state index contributed by atoms with van der Waals surface area (Å²) in [6.45, 7) is 0.752. The summed E-state index contributed by atoms with van der Waals surface area (Å²) in [5.41, 5.74) is 7.38. The van der Waals surface area contributed by atoms with E-state index in [1.165, 1.54) is 6.33 Å². The molecule has 1 aliphatic rings. The van der Waals surface area contributed by atoms with Crippen molar-refractivity contribution >= 4 is 39.2 Å². The molecule has 1 atom stereocenters. The molecule has 1 aliphatic heterocycles. The van der Waals surface area contributed by atoms with Crippen LogP contribution in [0.1, 0.15) is 25.5 Å². The van der Waals surface area contributed by atoms with E-state index in [4.69, 9.17) is 26.8 Å². The maximum atomic E-state index is 6.15. The van der Waals surface area contributed by atoms with Crippen LogP contribution in [0.3, 0.4) is 0 Å². The number of hydrogen-bond donors (Lipinski definition) is 1. The third kappa shape index (κ3) is 2.90. The van der Waals surface area contributed by atoms with E-state index in [9.17, 15) is 0 Å². The maximum Gasteiger partial charge on any atom is 0.247 e. The molecule has 28 heavy (non-hydrogen) atoms. The summed E-state index contributed by atoms with van der Waals surface area (Å²) in [4.78, 5) is 12.5. The molecule has 3 aromatic heterocycles. The van der Waals surface area contributed by atoms with Crippen LogP contribution in [0.2, 0.25) is 5.15 Å². The van der Waals surface area contributed by atoms with Crippen LogP contribution in [-0.2, 0) is 4.74 Å². The average molecular weight is 397 g/mol. The first kappa shape index (κ1) is 17.2. The van der Waals surface area contributed by atoms with E-state index in [1.54, 1.807) is 12.3 Å².